The first-order valence-electron chi connectivity index (χ1n) is 8.94. The molecular weight excluding hydrogens is 550 g/mol. The number of phenols is 1. The minimum Gasteiger partial charge on any atom is -0.508 e. The lowest BCUT2D eigenvalue weighted by Crippen LogP contribution is -2.13. The van der Waals surface area contributed by atoms with Crippen LogP contribution in [0.15, 0.2) is 66.2 Å². The van der Waals surface area contributed by atoms with E-state index < -0.39 is 5.91 Å². The molecular formula is C23H15Cl2IN2O3. The van der Waals surface area contributed by atoms with E-state index in [1.54, 1.807) is 36.4 Å². The first-order valence-corrected chi connectivity index (χ1v) is 10.8. The van der Waals surface area contributed by atoms with Gasteiger partial charge in [-0.25, -0.2) is 0 Å². The van der Waals surface area contributed by atoms with Gasteiger partial charge in [0, 0.05) is 5.69 Å². The van der Waals surface area contributed by atoms with E-state index in [9.17, 15) is 15.2 Å². The molecule has 0 aliphatic heterocycles. The molecule has 0 spiro atoms. The first-order chi connectivity index (χ1) is 14.9. The van der Waals surface area contributed by atoms with Gasteiger partial charge in [0.15, 0.2) is 0 Å². The van der Waals surface area contributed by atoms with Crippen molar-refractivity contribution in [2.24, 2.45) is 0 Å². The van der Waals surface area contributed by atoms with Gasteiger partial charge in [0.05, 0.1) is 13.6 Å². The van der Waals surface area contributed by atoms with E-state index in [2.05, 4.69) is 27.9 Å². The molecule has 0 unspecified atom stereocenters. The molecule has 0 saturated carbocycles. The third-order valence-electron chi connectivity index (χ3n) is 4.14. The van der Waals surface area contributed by atoms with E-state index in [0.29, 0.717) is 33.7 Å². The summed E-state index contributed by atoms with van der Waals surface area (Å²) in [6.45, 7) is 0.320. The summed E-state index contributed by atoms with van der Waals surface area (Å²) in [7, 11) is 0. The van der Waals surface area contributed by atoms with Gasteiger partial charge in [-0.15, -0.1) is 0 Å². The summed E-state index contributed by atoms with van der Waals surface area (Å²) in [6, 6.07) is 18.6. The van der Waals surface area contributed by atoms with Gasteiger partial charge < -0.3 is 15.2 Å². The number of nitriles is 1. The van der Waals surface area contributed by atoms with Crippen molar-refractivity contribution in [1.29, 1.82) is 5.26 Å². The summed E-state index contributed by atoms with van der Waals surface area (Å²) < 4.78 is 6.67. The van der Waals surface area contributed by atoms with Crippen LogP contribution in [0.4, 0.5) is 5.69 Å². The maximum Gasteiger partial charge on any atom is 0.266 e. The smallest absolute Gasteiger partial charge is 0.266 e. The summed E-state index contributed by atoms with van der Waals surface area (Å²) in [4.78, 5) is 12.4. The molecule has 0 radical (unpaired) electrons. The third-order valence-corrected chi connectivity index (χ3v) is 5.72. The Hall–Kier alpha value is -2.73. The number of phenolic OH excluding ortho intramolecular Hbond substituents is 1. The molecule has 31 heavy (non-hydrogen) atoms. The number of anilines is 1. The number of hydrogen-bond acceptors (Lipinski definition) is 4. The van der Waals surface area contributed by atoms with E-state index in [0.717, 1.165) is 9.13 Å². The van der Waals surface area contributed by atoms with E-state index in [4.69, 9.17) is 27.9 Å². The molecule has 0 aromatic heterocycles. The Morgan fingerprint density at radius 3 is 2.48 bits per heavy atom. The van der Waals surface area contributed by atoms with E-state index in [1.807, 2.05) is 18.2 Å². The lowest BCUT2D eigenvalue weighted by Gasteiger charge is -2.10. The van der Waals surface area contributed by atoms with Crippen LogP contribution in [-0.2, 0) is 11.4 Å². The molecule has 3 aromatic carbocycles. The van der Waals surface area contributed by atoms with Crippen molar-refractivity contribution < 1.29 is 14.6 Å². The number of aromatic hydroxyl groups is 1. The second kappa shape index (κ2) is 10.5. The van der Waals surface area contributed by atoms with Crippen molar-refractivity contribution in [1.82, 2.24) is 0 Å². The van der Waals surface area contributed by atoms with Crippen molar-refractivity contribution in [3.8, 4) is 17.6 Å². The number of carbonyl (C=O) groups is 1. The number of benzene rings is 3. The summed E-state index contributed by atoms with van der Waals surface area (Å²) in [5.74, 6) is 0.212. The van der Waals surface area contributed by atoms with Crippen molar-refractivity contribution in [3.63, 3.8) is 0 Å². The zero-order chi connectivity index (χ0) is 22.4. The van der Waals surface area contributed by atoms with E-state index >= 15 is 0 Å². The summed E-state index contributed by atoms with van der Waals surface area (Å²) in [6.07, 6.45) is 1.50. The lowest BCUT2D eigenvalue weighted by molar-refractivity contribution is -0.112. The quantitative estimate of drug-likeness (QED) is 0.156. The number of hydrogen-bond donors (Lipinski definition) is 2. The highest BCUT2D eigenvalue weighted by Gasteiger charge is 2.11. The molecule has 0 heterocycles. The molecule has 0 aliphatic rings. The Kier molecular flexibility index (Phi) is 7.80. The minimum absolute atomic E-state index is 0.0478. The number of ether oxygens (including phenoxy) is 1. The molecule has 0 atom stereocenters. The van der Waals surface area contributed by atoms with Gasteiger partial charge in [-0.05, 0) is 88.3 Å². The monoisotopic (exact) mass is 564 g/mol. The van der Waals surface area contributed by atoms with Crippen LogP contribution in [0.2, 0.25) is 10.0 Å². The van der Waals surface area contributed by atoms with Crippen LogP contribution < -0.4 is 10.1 Å². The van der Waals surface area contributed by atoms with E-state index in [-0.39, 0.29) is 11.3 Å². The molecule has 0 fully saturated rings. The molecule has 1 amide bonds. The molecule has 5 nitrogen and oxygen atoms in total. The fourth-order valence-electron chi connectivity index (χ4n) is 2.57. The van der Waals surface area contributed by atoms with E-state index in [1.165, 1.54) is 18.2 Å². The summed E-state index contributed by atoms with van der Waals surface area (Å²) >= 11 is 14.1. The molecule has 0 bridgehead atoms. The topological polar surface area (TPSA) is 82.3 Å². The number of halogens is 3. The van der Waals surface area contributed by atoms with Gasteiger partial charge in [-0.3, -0.25) is 4.79 Å². The molecule has 3 rings (SSSR count). The van der Waals surface area contributed by atoms with Gasteiger partial charge in [0.2, 0.25) is 0 Å². The first kappa shape index (κ1) is 22.9. The number of amides is 1. The van der Waals surface area contributed by atoms with Crippen LogP contribution in [0.3, 0.4) is 0 Å². The average molecular weight is 565 g/mol. The lowest BCUT2D eigenvalue weighted by atomic mass is 10.1. The van der Waals surface area contributed by atoms with Gasteiger partial charge in [0.1, 0.15) is 29.7 Å². The van der Waals surface area contributed by atoms with Crippen LogP contribution in [0.1, 0.15) is 11.1 Å². The molecule has 156 valence electrons. The maximum atomic E-state index is 12.4. The van der Waals surface area contributed by atoms with Crippen LogP contribution in [0.25, 0.3) is 6.08 Å². The Morgan fingerprint density at radius 2 is 1.84 bits per heavy atom. The predicted octanol–water partition coefficient (Wildman–Crippen LogP) is 6.43. The Morgan fingerprint density at radius 1 is 1.10 bits per heavy atom. The molecule has 0 saturated heterocycles. The van der Waals surface area contributed by atoms with Gasteiger partial charge in [0.25, 0.3) is 5.91 Å². The number of carbonyl (C=O) groups excluding carboxylic acids is 1. The predicted molar refractivity (Wildman–Crippen MR) is 130 cm³/mol. The van der Waals surface area contributed by atoms with Crippen molar-refractivity contribution in [2.75, 3.05) is 5.32 Å². The highest BCUT2D eigenvalue weighted by atomic mass is 127. The summed E-state index contributed by atoms with van der Waals surface area (Å²) in [5, 5.41) is 22.3. The number of nitrogens with zero attached hydrogens (tertiary/aromatic N) is 1. The highest BCUT2D eigenvalue weighted by Crippen LogP contribution is 2.26. The molecule has 3 aromatic rings. The largest absolute Gasteiger partial charge is 0.508 e. The van der Waals surface area contributed by atoms with Crippen LogP contribution in [0.5, 0.6) is 11.5 Å². The third kappa shape index (κ3) is 6.37. The number of rotatable bonds is 6. The van der Waals surface area contributed by atoms with Crippen molar-refractivity contribution >= 4 is 63.5 Å². The van der Waals surface area contributed by atoms with Gasteiger partial charge in [-0.2, -0.15) is 5.26 Å². The Labute approximate surface area is 203 Å². The zero-order valence-corrected chi connectivity index (χ0v) is 19.6. The molecule has 0 aliphatic carbocycles. The maximum absolute atomic E-state index is 12.4. The second-order valence-corrected chi connectivity index (χ2v) is 8.37. The normalized spacial score (nSPS) is 11.0. The average Bonchev–Trinajstić information content (AvgIpc) is 2.75. The van der Waals surface area contributed by atoms with Gasteiger partial charge in [-0.1, -0.05) is 35.3 Å². The zero-order valence-electron chi connectivity index (χ0n) is 15.9. The standard InChI is InChI=1S/C23H15Cl2IN2O3/c24-19-7-1-15(10-20(19)25)13-31-22-8-2-14(11-21(22)26)9-16(12-27)23(30)28-17-3-5-18(29)6-4-17/h1-11,29H,13H2,(H,28,30)/b16-9+. The SMILES string of the molecule is N#C/C(=C\c1ccc(OCc2ccc(Cl)c(Cl)c2)c(I)c1)C(=O)Nc1ccc(O)cc1. The second-order valence-electron chi connectivity index (χ2n) is 6.40. The minimum atomic E-state index is -0.539. The molecule has 2 N–H and O–H groups in total. The van der Waals surface area contributed by atoms with Crippen LogP contribution in [-0.4, -0.2) is 11.0 Å². The van der Waals surface area contributed by atoms with Crippen molar-refractivity contribution in [3.05, 3.63) is 91.0 Å². The Balaban J connectivity index is 1.70. The van der Waals surface area contributed by atoms with Crippen LogP contribution in [0, 0.1) is 14.9 Å². The van der Waals surface area contributed by atoms with Crippen LogP contribution >= 0.6 is 45.8 Å². The fraction of sp³-hybridized carbons (Fsp3) is 0.0435. The molecule has 8 heteroatoms. The number of nitrogens with one attached hydrogen (secondary N) is 1. The highest BCUT2D eigenvalue weighted by molar-refractivity contribution is 14.1. The Bertz CT molecular complexity index is 1190. The fourth-order valence-corrected chi connectivity index (χ4v) is 3.59. The van der Waals surface area contributed by atoms with Crippen molar-refractivity contribution in [2.45, 2.75) is 6.61 Å². The van der Waals surface area contributed by atoms with Gasteiger partial charge >= 0.3 is 0 Å². The summed E-state index contributed by atoms with van der Waals surface area (Å²) in [5.41, 5.74) is 1.99.